The van der Waals surface area contributed by atoms with E-state index in [9.17, 15) is 4.79 Å². The molecule has 0 N–H and O–H groups in total. The summed E-state index contributed by atoms with van der Waals surface area (Å²) >= 11 is 0. The number of carbonyl (C=O) groups is 1. The average molecular weight is 244 g/mol. The summed E-state index contributed by atoms with van der Waals surface area (Å²) in [7, 11) is 0. The van der Waals surface area contributed by atoms with Gasteiger partial charge in [0.05, 0.1) is 6.20 Å². The van der Waals surface area contributed by atoms with Gasteiger partial charge in [0.1, 0.15) is 11.6 Å². The van der Waals surface area contributed by atoms with Gasteiger partial charge in [-0.1, -0.05) is 0 Å². The van der Waals surface area contributed by atoms with Crippen molar-refractivity contribution in [2.24, 2.45) is 5.92 Å². The Morgan fingerprint density at radius 3 is 3.17 bits per heavy atom. The van der Waals surface area contributed by atoms with Crippen LogP contribution in [0.1, 0.15) is 19.8 Å². The van der Waals surface area contributed by atoms with Crippen LogP contribution in [0.2, 0.25) is 0 Å². The summed E-state index contributed by atoms with van der Waals surface area (Å²) in [5.41, 5.74) is 0.845. The Hall–Kier alpha value is -1.91. The highest BCUT2D eigenvalue weighted by atomic mass is 16.1. The van der Waals surface area contributed by atoms with Crippen molar-refractivity contribution in [3.05, 3.63) is 24.5 Å². The third kappa shape index (κ3) is 1.96. The molecule has 0 aromatic carbocycles. The minimum Gasteiger partial charge on any atom is -0.356 e. The van der Waals surface area contributed by atoms with Gasteiger partial charge in [0.25, 0.3) is 0 Å². The fourth-order valence-electron chi connectivity index (χ4n) is 2.50. The predicted molar refractivity (Wildman–Crippen MR) is 68.6 cm³/mol. The van der Waals surface area contributed by atoms with E-state index >= 15 is 0 Å². The van der Waals surface area contributed by atoms with E-state index in [1.165, 1.54) is 0 Å². The highest BCUT2D eigenvalue weighted by Crippen LogP contribution is 2.22. The highest BCUT2D eigenvalue weighted by molar-refractivity contribution is 5.79. The third-order valence-corrected chi connectivity index (χ3v) is 3.56. The number of fused-ring (bicyclic) bond motifs is 1. The van der Waals surface area contributed by atoms with Crippen molar-refractivity contribution in [2.45, 2.75) is 19.8 Å². The minimum atomic E-state index is 0.154. The Morgan fingerprint density at radius 1 is 1.44 bits per heavy atom. The molecule has 1 aliphatic rings. The molecule has 0 amide bonds. The van der Waals surface area contributed by atoms with E-state index in [2.05, 4.69) is 15.0 Å². The Labute approximate surface area is 105 Å². The molecule has 0 bridgehead atoms. The summed E-state index contributed by atoms with van der Waals surface area (Å²) in [6.07, 6.45) is 5.70. The molecule has 0 radical (unpaired) electrons. The molecule has 0 aliphatic carbocycles. The normalized spacial score (nSPS) is 20.3. The molecule has 2 aromatic rings. The molecule has 0 saturated carbocycles. The maximum atomic E-state index is 11.5. The number of anilines is 1. The first-order valence-corrected chi connectivity index (χ1v) is 6.30. The smallest absolute Gasteiger partial charge is 0.157 e. The van der Waals surface area contributed by atoms with Crippen LogP contribution in [-0.4, -0.2) is 33.5 Å². The third-order valence-electron chi connectivity index (χ3n) is 3.56. The van der Waals surface area contributed by atoms with E-state index in [0.29, 0.717) is 0 Å². The second-order valence-corrected chi connectivity index (χ2v) is 4.82. The first-order chi connectivity index (χ1) is 8.74. The second-order valence-electron chi connectivity index (χ2n) is 4.82. The van der Waals surface area contributed by atoms with Gasteiger partial charge in [0, 0.05) is 31.3 Å². The van der Waals surface area contributed by atoms with Crippen molar-refractivity contribution in [2.75, 3.05) is 18.0 Å². The van der Waals surface area contributed by atoms with Crippen LogP contribution in [0.4, 0.5) is 5.82 Å². The lowest BCUT2D eigenvalue weighted by atomic mass is 9.95. The molecule has 0 spiro atoms. The van der Waals surface area contributed by atoms with Crippen molar-refractivity contribution in [3.8, 4) is 0 Å². The van der Waals surface area contributed by atoms with Crippen LogP contribution in [0.5, 0.6) is 0 Å². The van der Waals surface area contributed by atoms with Gasteiger partial charge in [0.2, 0.25) is 0 Å². The number of aromatic nitrogens is 3. The van der Waals surface area contributed by atoms with Gasteiger partial charge in [-0.05, 0) is 25.8 Å². The van der Waals surface area contributed by atoms with Crippen molar-refractivity contribution in [1.29, 1.82) is 0 Å². The maximum Gasteiger partial charge on any atom is 0.157 e. The SMILES string of the molecule is CC(=O)C1CCCN(c2ccn3nccc3n2)C1. The van der Waals surface area contributed by atoms with Gasteiger partial charge >= 0.3 is 0 Å². The largest absolute Gasteiger partial charge is 0.356 e. The Bertz CT molecular complexity index is 577. The molecule has 1 unspecified atom stereocenters. The summed E-state index contributed by atoms with van der Waals surface area (Å²) < 4.78 is 1.75. The number of ketones is 1. The summed E-state index contributed by atoms with van der Waals surface area (Å²) in [4.78, 5) is 18.3. The fourth-order valence-corrected chi connectivity index (χ4v) is 2.50. The number of hydrogen-bond acceptors (Lipinski definition) is 4. The van der Waals surface area contributed by atoms with Crippen molar-refractivity contribution in [1.82, 2.24) is 14.6 Å². The molecule has 5 nitrogen and oxygen atoms in total. The van der Waals surface area contributed by atoms with E-state index in [4.69, 9.17) is 0 Å². The number of Topliss-reactive ketones (excluding diaryl/α,β-unsaturated/α-hetero) is 1. The van der Waals surface area contributed by atoms with Crippen LogP contribution in [0.3, 0.4) is 0 Å². The lowest BCUT2D eigenvalue weighted by Crippen LogP contribution is -2.38. The first-order valence-electron chi connectivity index (χ1n) is 6.30. The fraction of sp³-hybridized carbons (Fsp3) is 0.462. The highest BCUT2D eigenvalue weighted by Gasteiger charge is 2.24. The van der Waals surface area contributed by atoms with Crippen LogP contribution in [0.15, 0.2) is 24.5 Å². The molecule has 3 rings (SSSR count). The number of hydrogen-bond donors (Lipinski definition) is 0. The summed E-state index contributed by atoms with van der Waals surface area (Å²) in [6.45, 7) is 3.44. The summed E-state index contributed by atoms with van der Waals surface area (Å²) in [5, 5.41) is 4.13. The van der Waals surface area contributed by atoms with Gasteiger partial charge < -0.3 is 4.90 Å². The van der Waals surface area contributed by atoms with E-state index in [1.54, 1.807) is 17.6 Å². The van der Waals surface area contributed by atoms with Gasteiger partial charge in [0.15, 0.2) is 5.65 Å². The zero-order chi connectivity index (χ0) is 12.5. The first kappa shape index (κ1) is 11.2. The molecule has 18 heavy (non-hydrogen) atoms. The number of piperidine rings is 1. The zero-order valence-electron chi connectivity index (χ0n) is 10.4. The molecular weight excluding hydrogens is 228 g/mol. The van der Waals surface area contributed by atoms with Gasteiger partial charge in [-0.15, -0.1) is 0 Å². The van der Waals surface area contributed by atoms with Crippen LogP contribution < -0.4 is 4.90 Å². The van der Waals surface area contributed by atoms with E-state index in [0.717, 1.165) is 37.4 Å². The summed E-state index contributed by atoms with van der Waals surface area (Å²) in [5.74, 6) is 1.38. The quantitative estimate of drug-likeness (QED) is 0.804. The molecule has 1 atom stereocenters. The molecule has 1 saturated heterocycles. The predicted octanol–water partition coefficient (Wildman–Crippen LogP) is 1.53. The Balaban J connectivity index is 1.86. The molecule has 1 fully saturated rings. The number of carbonyl (C=O) groups excluding carboxylic acids is 1. The Kier molecular flexibility index (Phi) is 2.74. The van der Waals surface area contributed by atoms with E-state index < -0.39 is 0 Å². The van der Waals surface area contributed by atoms with Gasteiger partial charge in [-0.3, -0.25) is 4.79 Å². The average Bonchev–Trinajstić information content (AvgIpc) is 2.86. The molecule has 3 heterocycles. The van der Waals surface area contributed by atoms with Crippen LogP contribution in [0.25, 0.3) is 5.65 Å². The van der Waals surface area contributed by atoms with Gasteiger partial charge in [-0.2, -0.15) is 5.10 Å². The van der Waals surface area contributed by atoms with Crippen molar-refractivity contribution in [3.63, 3.8) is 0 Å². The monoisotopic (exact) mass is 244 g/mol. The lowest BCUT2D eigenvalue weighted by molar-refractivity contribution is -0.120. The Morgan fingerprint density at radius 2 is 2.33 bits per heavy atom. The second kappa shape index (κ2) is 4.40. The lowest BCUT2D eigenvalue weighted by Gasteiger charge is -2.32. The van der Waals surface area contributed by atoms with E-state index in [-0.39, 0.29) is 11.7 Å². The standard InChI is InChI=1S/C13H16N4O/c1-10(18)11-3-2-7-16(9-11)12-5-8-17-13(15-12)4-6-14-17/h4-6,8,11H,2-3,7,9H2,1H3. The number of nitrogens with zero attached hydrogens (tertiary/aromatic N) is 4. The molecule has 2 aromatic heterocycles. The van der Waals surface area contributed by atoms with Crippen molar-refractivity contribution >= 4 is 17.2 Å². The van der Waals surface area contributed by atoms with Gasteiger partial charge in [-0.25, -0.2) is 9.50 Å². The molecule has 94 valence electrons. The maximum absolute atomic E-state index is 11.5. The minimum absolute atomic E-state index is 0.154. The number of rotatable bonds is 2. The topological polar surface area (TPSA) is 50.5 Å². The van der Waals surface area contributed by atoms with Crippen LogP contribution in [0, 0.1) is 5.92 Å². The van der Waals surface area contributed by atoms with E-state index in [1.807, 2.05) is 18.3 Å². The zero-order valence-corrected chi connectivity index (χ0v) is 10.4. The van der Waals surface area contributed by atoms with Crippen LogP contribution >= 0.6 is 0 Å². The molecular formula is C13H16N4O. The summed E-state index contributed by atoms with van der Waals surface area (Å²) in [6, 6.07) is 3.85. The molecule has 1 aliphatic heterocycles. The molecule has 5 heteroatoms. The van der Waals surface area contributed by atoms with Crippen LogP contribution in [-0.2, 0) is 4.79 Å². The van der Waals surface area contributed by atoms with Crippen molar-refractivity contribution < 1.29 is 4.79 Å².